The van der Waals surface area contributed by atoms with Gasteiger partial charge in [-0.25, -0.2) is 9.98 Å². The predicted octanol–water partition coefficient (Wildman–Crippen LogP) is 4.76. The van der Waals surface area contributed by atoms with Crippen molar-refractivity contribution in [2.45, 2.75) is 43.5 Å². The molecule has 2 aliphatic rings. The molecule has 8 nitrogen and oxygen atoms in total. The summed E-state index contributed by atoms with van der Waals surface area (Å²) >= 11 is 6.57. The topological polar surface area (TPSA) is 92.8 Å². The number of benzene rings is 2. The standard InChI is InChI=1S/C32H32ClN5O3S/c33-28-17-24(11-12-29(28)41-20-25-9-4-5-14-34-25)36-31-27-13-16-42(21-30(40)38-15-6-10-26(38)19-39)32(27)37(22-35-31)18-23-7-2-1-3-8-23/h1-5,7-9,11-12,14,16-17,22,26,39H,6,10,13,15,18-21H2. The zero-order valence-corrected chi connectivity index (χ0v) is 24.7. The number of aromatic nitrogens is 3. The first kappa shape index (κ1) is 28.3. The fourth-order valence-electron chi connectivity index (χ4n) is 5.39. The van der Waals surface area contributed by atoms with Crippen LogP contribution in [0.4, 0.5) is 5.69 Å². The molecule has 0 bridgehead atoms. The summed E-state index contributed by atoms with van der Waals surface area (Å²) in [6.45, 7) is 1.69. The highest BCUT2D eigenvalue weighted by molar-refractivity contribution is 8.15. The molecule has 0 spiro atoms. The zero-order chi connectivity index (χ0) is 28.9. The number of carbonyl (C=O) groups is 1. The molecule has 6 rings (SSSR count). The van der Waals surface area contributed by atoms with Crippen LogP contribution in [0.5, 0.6) is 5.75 Å². The fourth-order valence-corrected chi connectivity index (χ4v) is 7.74. The fraction of sp³-hybridized carbons (Fsp3) is 0.281. The average Bonchev–Trinajstić information content (AvgIpc) is 3.67. The lowest BCUT2D eigenvalue weighted by Gasteiger charge is -2.24. The Labute approximate surface area is 252 Å². The Kier molecular flexibility index (Phi) is 8.79. The maximum Gasteiger partial charge on any atom is 0.232 e. The molecule has 216 valence electrons. The third kappa shape index (κ3) is 6.33. The first-order valence-electron chi connectivity index (χ1n) is 14.0. The molecule has 4 aromatic rings. The van der Waals surface area contributed by atoms with Gasteiger partial charge in [0, 0.05) is 31.3 Å². The molecule has 1 fully saturated rings. The summed E-state index contributed by atoms with van der Waals surface area (Å²) in [5.41, 5.74) is 4.30. The Morgan fingerprint density at radius 3 is 2.76 bits per heavy atom. The van der Waals surface area contributed by atoms with E-state index in [4.69, 9.17) is 26.3 Å². The van der Waals surface area contributed by atoms with Gasteiger partial charge in [0.25, 0.3) is 0 Å². The smallest absolute Gasteiger partial charge is 0.232 e. The summed E-state index contributed by atoms with van der Waals surface area (Å²) in [7, 11) is -0.415. The van der Waals surface area contributed by atoms with E-state index >= 15 is 0 Å². The second-order valence-corrected chi connectivity index (χ2v) is 12.6. The Morgan fingerprint density at radius 1 is 1.12 bits per heavy atom. The van der Waals surface area contributed by atoms with Crippen LogP contribution < -0.4 is 10.2 Å². The number of aliphatic hydroxyl groups is 1. The van der Waals surface area contributed by atoms with Gasteiger partial charge < -0.3 is 19.3 Å². The van der Waals surface area contributed by atoms with Crippen LogP contribution in [0.15, 0.2) is 89.3 Å². The number of ether oxygens (including phenoxy) is 1. The van der Waals surface area contributed by atoms with Crippen molar-refractivity contribution in [2.75, 3.05) is 18.9 Å². The Hall–Kier alpha value is -3.79. The van der Waals surface area contributed by atoms with E-state index in [9.17, 15) is 9.90 Å². The summed E-state index contributed by atoms with van der Waals surface area (Å²) in [6.07, 6.45) is 6.02. The van der Waals surface area contributed by atoms with Crippen molar-refractivity contribution in [1.82, 2.24) is 19.4 Å². The molecule has 10 heteroatoms. The number of halogens is 1. The van der Waals surface area contributed by atoms with Crippen molar-refractivity contribution < 1.29 is 14.6 Å². The Balaban J connectivity index is 1.30. The molecule has 0 saturated carbocycles. The lowest BCUT2D eigenvalue weighted by molar-refractivity contribution is -0.129. The van der Waals surface area contributed by atoms with Crippen LogP contribution in [0, 0.1) is 0 Å². The molecular weight excluding hydrogens is 570 g/mol. The van der Waals surface area contributed by atoms with E-state index in [1.807, 2.05) is 59.8 Å². The van der Waals surface area contributed by atoms with E-state index in [0.29, 0.717) is 53.8 Å². The first-order chi connectivity index (χ1) is 20.6. The van der Waals surface area contributed by atoms with Gasteiger partial charge in [0.15, 0.2) is 5.49 Å². The van der Waals surface area contributed by atoms with Crippen LogP contribution >= 0.6 is 22.1 Å². The minimum atomic E-state index is -0.415. The molecule has 2 aliphatic heterocycles. The second-order valence-electron chi connectivity index (χ2n) is 10.3. The average molecular weight is 602 g/mol. The van der Waals surface area contributed by atoms with Gasteiger partial charge in [-0.05, 0) is 48.7 Å². The molecule has 0 aliphatic carbocycles. The van der Waals surface area contributed by atoms with Gasteiger partial charge >= 0.3 is 0 Å². The third-order valence-corrected chi connectivity index (χ3v) is 9.88. The molecule has 42 heavy (non-hydrogen) atoms. The lowest BCUT2D eigenvalue weighted by Crippen LogP contribution is -2.39. The summed E-state index contributed by atoms with van der Waals surface area (Å²) in [6, 6.07) is 21.3. The van der Waals surface area contributed by atoms with Crippen LogP contribution in [0.25, 0.3) is 0 Å². The van der Waals surface area contributed by atoms with Gasteiger partial charge in [0.2, 0.25) is 5.91 Å². The molecule has 2 aromatic heterocycles. The van der Waals surface area contributed by atoms with Gasteiger partial charge in [-0.2, -0.15) is 0 Å². The second kappa shape index (κ2) is 13.0. The number of aliphatic hydroxyl groups excluding tert-OH is 1. The number of rotatable bonds is 9. The zero-order valence-electron chi connectivity index (χ0n) is 23.1. The summed E-state index contributed by atoms with van der Waals surface area (Å²) in [5, 5.41) is 13.5. The van der Waals surface area contributed by atoms with Gasteiger partial charge in [-0.15, -0.1) is 10.5 Å². The Morgan fingerprint density at radius 2 is 1.98 bits per heavy atom. The molecule has 4 heterocycles. The van der Waals surface area contributed by atoms with Gasteiger partial charge in [0.1, 0.15) is 12.4 Å². The number of carbonyl (C=O) groups excluding carboxylic acids is 1. The summed E-state index contributed by atoms with van der Waals surface area (Å²) in [4.78, 5) is 29.1. The van der Waals surface area contributed by atoms with Crippen molar-refractivity contribution >= 4 is 39.0 Å². The summed E-state index contributed by atoms with van der Waals surface area (Å²) < 4.78 is 8.02. The van der Waals surface area contributed by atoms with E-state index in [1.165, 1.54) is 0 Å². The molecule has 2 unspecified atom stereocenters. The van der Waals surface area contributed by atoms with Crippen LogP contribution in [-0.4, -0.2) is 60.8 Å². The van der Waals surface area contributed by atoms with Crippen molar-refractivity contribution in [1.29, 1.82) is 0 Å². The van der Waals surface area contributed by atoms with Gasteiger partial charge in [0.05, 0.1) is 46.2 Å². The maximum absolute atomic E-state index is 13.4. The van der Waals surface area contributed by atoms with E-state index in [2.05, 4.69) is 27.1 Å². The van der Waals surface area contributed by atoms with Gasteiger partial charge in [-0.3, -0.25) is 9.78 Å². The molecule has 2 atom stereocenters. The molecule has 1 amide bonds. The maximum atomic E-state index is 13.4. The number of fused-ring (bicyclic) bond motifs is 1. The predicted molar refractivity (Wildman–Crippen MR) is 165 cm³/mol. The highest BCUT2D eigenvalue weighted by Gasteiger charge is 2.30. The van der Waals surface area contributed by atoms with E-state index in [1.54, 1.807) is 12.3 Å². The van der Waals surface area contributed by atoms with Gasteiger partial charge in [-0.1, -0.05) is 53.4 Å². The monoisotopic (exact) mass is 601 g/mol. The van der Waals surface area contributed by atoms with Crippen LogP contribution in [0.1, 0.15) is 29.7 Å². The van der Waals surface area contributed by atoms with Crippen molar-refractivity contribution in [3.05, 3.63) is 107 Å². The molecule has 1 saturated heterocycles. The normalized spacial score (nSPS) is 18.1. The van der Waals surface area contributed by atoms with Crippen LogP contribution in [0.2, 0.25) is 5.02 Å². The van der Waals surface area contributed by atoms with Crippen molar-refractivity contribution in [3.8, 4) is 5.75 Å². The van der Waals surface area contributed by atoms with Crippen LogP contribution in [-0.2, 0) is 24.4 Å². The summed E-state index contributed by atoms with van der Waals surface area (Å²) in [5.74, 6) is 1.04. The minimum Gasteiger partial charge on any atom is -0.486 e. The quantitative estimate of drug-likeness (QED) is 0.221. The Bertz CT molecular complexity index is 1680. The highest BCUT2D eigenvalue weighted by atomic mass is 35.5. The van der Waals surface area contributed by atoms with Crippen molar-refractivity contribution in [3.63, 3.8) is 0 Å². The molecular formula is C32H32ClN5O3S. The number of hydrogen-bond acceptors (Lipinski definition) is 6. The van der Waals surface area contributed by atoms with E-state index < -0.39 is 10.5 Å². The van der Waals surface area contributed by atoms with E-state index in [-0.39, 0.29) is 18.6 Å². The SMILES string of the molecule is O=C(CS1=CCc2c1n(Cc1ccccc1)cnc2=Nc1ccc(OCc2ccccn2)c(Cl)c1)N1CCCC1CO. The number of pyridine rings is 1. The van der Waals surface area contributed by atoms with Crippen LogP contribution in [0.3, 0.4) is 0 Å². The lowest BCUT2D eigenvalue weighted by atomic mass is 10.2. The number of hydrogen-bond donors (Lipinski definition) is 1. The number of likely N-dealkylation sites (tertiary alicyclic amines) is 1. The number of amides is 1. The molecule has 0 radical (unpaired) electrons. The largest absolute Gasteiger partial charge is 0.486 e. The third-order valence-electron chi connectivity index (χ3n) is 7.48. The van der Waals surface area contributed by atoms with E-state index in [0.717, 1.165) is 34.7 Å². The first-order valence-corrected chi connectivity index (χ1v) is 15.8. The molecule has 1 N–H and O–H groups in total. The minimum absolute atomic E-state index is 0.0102. The van der Waals surface area contributed by atoms with Crippen molar-refractivity contribution in [2.24, 2.45) is 4.99 Å². The number of nitrogens with zero attached hydrogens (tertiary/aromatic N) is 5. The highest BCUT2D eigenvalue weighted by Crippen LogP contribution is 2.35. The molecule has 2 aromatic carbocycles.